The molecule has 0 spiro atoms. The van der Waals surface area contributed by atoms with Crippen molar-refractivity contribution in [3.05, 3.63) is 95.9 Å². The minimum absolute atomic E-state index is 0. The molecule has 4 aromatic rings. The lowest BCUT2D eigenvalue weighted by Gasteiger charge is -2.22. The zero-order chi connectivity index (χ0) is 21.9. The van der Waals surface area contributed by atoms with Gasteiger partial charge in [-0.1, -0.05) is 42.3 Å². The van der Waals surface area contributed by atoms with Crippen LogP contribution in [-0.2, 0) is 0 Å². The van der Waals surface area contributed by atoms with E-state index in [9.17, 15) is 4.79 Å². The average molecular weight is 457 g/mol. The van der Waals surface area contributed by atoms with Gasteiger partial charge in [0.1, 0.15) is 5.69 Å². The van der Waals surface area contributed by atoms with Crippen molar-refractivity contribution in [2.45, 2.75) is 12.5 Å². The largest absolute Gasteiger partial charge is 0.396 e. The number of anilines is 2. The standard InChI is InChI=1S/C25H20N6O.ClH/c26-22-10-5-15-30-21(17-27-24(22)30)12-11-18-6-4-9-20(16-18)29-25(32)31-23(13-14-28-31)19-7-2-1-3-8-19;/h1-10,14-17,23H,13,26H2,(H,29,32);1H. The van der Waals surface area contributed by atoms with Crippen molar-refractivity contribution in [1.29, 1.82) is 0 Å². The van der Waals surface area contributed by atoms with E-state index in [2.05, 4.69) is 27.2 Å². The maximum atomic E-state index is 12.9. The first-order valence-electron chi connectivity index (χ1n) is 10.2. The van der Waals surface area contributed by atoms with E-state index in [0.717, 1.165) is 16.8 Å². The number of nitrogen functional groups attached to an aromatic ring is 1. The van der Waals surface area contributed by atoms with Crippen LogP contribution in [0.1, 0.15) is 29.3 Å². The van der Waals surface area contributed by atoms with Crippen LogP contribution in [0.15, 0.2) is 84.2 Å². The molecule has 1 aliphatic rings. The van der Waals surface area contributed by atoms with E-state index in [0.29, 0.717) is 23.4 Å². The Balaban J connectivity index is 0.00000259. The molecular weight excluding hydrogens is 436 g/mol. The second kappa shape index (κ2) is 9.47. The molecule has 3 N–H and O–H groups in total. The van der Waals surface area contributed by atoms with Crippen molar-refractivity contribution in [2.75, 3.05) is 11.1 Å². The van der Waals surface area contributed by atoms with E-state index in [4.69, 9.17) is 5.73 Å². The number of hydrogen-bond donors (Lipinski definition) is 2. The summed E-state index contributed by atoms with van der Waals surface area (Å²) in [6.07, 6.45) is 6.02. The Hall–Kier alpha value is -4.28. The zero-order valence-corrected chi connectivity index (χ0v) is 18.4. The summed E-state index contributed by atoms with van der Waals surface area (Å²) >= 11 is 0. The highest BCUT2D eigenvalue weighted by Gasteiger charge is 2.28. The molecule has 2 amide bonds. The van der Waals surface area contributed by atoms with Gasteiger partial charge in [-0.25, -0.2) is 14.8 Å². The van der Waals surface area contributed by atoms with E-state index in [1.54, 1.807) is 18.5 Å². The predicted octanol–water partition coefficient (Wildman–Crippen LogP) is 4.70. The number of imidazole rings is 1. The summed E-state index contributed by atoms with van der Waals surface area (Å²) in [5, 5.41) is 8.67. The number of aromatic nitrogens is 2. The fourth-order valence-electron chi connectivity index (χ4n) is 3.68. The average Bonchev–Trinajstić information content (AvgIpc) is 3.47. The van der Waals surface area contributed by atoms with Gasteiger partial charge in [-0.2, -0.15) is 5.10 Å². The summed E-state index contributed by atoms with van der Waals surface area (Å²) in [4.78, 5) is 17.2. The Morgan fingerprint density at radius 2 is 1.91 bits per heavy atom. The number of urea groups is 1. The number of pyridine rings is 1. The zero-order valence-electron chi connectivity index (χ0n) is 17.6. The van der Waals surface area contributed by atoms with Gasteiger partial charge in [0.15, 0.2) is 5.65 Å². The second-order valence-corrected chi connectivity index (χ2v) is 7.37. The highest BCUT2D eigenvalue weighted by molar-refractivity contribution is 5.91. The monoisotopic (exact) mass is 456 g/mol. The first-order chi connectivity index (χ1) is 15.7. The SMILES string of the molecule is Cl.Nc1cccn2c(C#Cc3cccc(NC(=O)N4N=CCC4c4ccccc4)c3)cnc12. The molecule has 0 saturated heterocycles. The Bertz CT molecular complexity index is 1390. The molecule has 1 unspecified atom stereocenters. The van der Waals surface area contributed by atoms with Crippen molar-refractivity contribution in [3.8, 4) is 11.8 Å². The topological polar surface area (TPSA) is 88.0 Å². The predicted molar refractivity (Wildman–Crippen MR) is 132 cm³/mol. The van der Waals surface area contributed by atoms with Crippen LogP contribution < -0.4 is 11.1 Å². The van der Waals surface area contributed by atoms with Gasteiger partial charge in [0, 0.05) is 30.1 Å². The third-order valence-electron chi connectivity index (χ3n) is 5.24. The third-order valence-corrected chi connectivity index (χ3v) is 5.24. The van der Waals surface area contributed by atoms with Crippen molar-refractivity contribution in [1.82, 2.24) is 14.4 Å². The number of fused-ring (bicyclic) bond motifs is 1. The lowest BCUT2D eigenvalue weighted by Crippen LogP contribution is -2.31. The summed E-state index contributed by atoms with van der Waals surface area (Å²) < 4.78 is 1.85. The van der Waals surface area contributed by atoms with Crippen LogP contribution >= 0.6 is 12.4 Å². The number of carbonyl (C=O) groups excluding carboxylic acids is 1. The minimum Gasteiger partial charge on any atom is -0.396 e. The van der Waals surface area contributed by atoms with Gasteiger partial charge in [-0.15, -0.1) is 12.4 Å². The normalized spacial score (nSPS) is 14.4. The molecule has 2 aromatic carbocycles. The number of halogens is 1. The number of carbonyl (C=O) groups is 1. The van der Waals surface area contributed by atoms with Gasteiger partial charge < -0.3 is 11.1 Å². The Morgan fingerprint density at radius 1 is 1.06 bits per heavy atom. The van der Waals surface area contributed by atoms with E-state index in [-0.39, 0.29) is 24.5 Å². The summed E-state index contributed by atoms with van der Waals surface area (Å²) in [7, 11) is 0. The van der Waals surface area contributed by atoms with Crippen LogP contribution in [-0.4, -0.2) is 26.6 Å². The lowest BCUT2D eigenvalue weighted by atomic mass is 10.1. The minimum atomic E-state index is -0.282. The number of hydrogen-bond acceptors (Lipinski definition) is 4. The van der Waals surface area contributed by atoms with E-state index >= 15 is 0 Å². The molecule has 164 valence electrons. The number of nitrogens with two attached hydrogens (primary N) is 1. The van der Waals surface area contributed by atoms with Gasteiger partial charge in [0.25, 0.3) is 0 Å². The van der Waals surface area contributed by atoms with Gasteiger partial charge in [0.2, 0.25) is 0 Å². The summed E-state index contributed by atoms with van der Waals surface area (Å²) in [6, 6.07) is 20.6. The number of benzene rings is 2. The molecule has 7 nitrogen and oxygen atoms in total. The summed E-state index contributed by atoms with van der Waals surface area (Å²) in [5.74, 6) is 6.25. The molecule has 0 saturated carbocycles. The number of amides is 2. The molecule has 0 fully saturated rings. The van der Waals surface area contributed by atoms with Gasteiger partial charge in [0.05, 0.1) is 17.9 Å². The smallest absolute Gasteiger partial charge is 0.342 e. The molecule has 8 heteroatoms. The molecule has 0 radical (unpaired) electrons. The summed E-state index contributed by atoms with van der Waals surface area (Å²) in [6.45, 7) is 0. The molecule has 2 aromatic heterocycles. The molecule has 1 aliphatic heterocycles. The first kappa shape index (κ1) is 21.9. The molecule has 5 rings (SSSR count). The molecule has 1 atom stereocenters. The quantitative estimate of drug-likeness (QED) is 0.428. The van der Waals surface area contributed by atoms with Gasteiger partial charge in [-0.3, -0.25) is 4.40 Å². The third kappa shape index (κ3) is 4.52. The number of nitrogens with one attached hydrogen (secondary N) is 1. The fourth-order valence-corrected chi connectivity index (χ4v) is 3.68. The van der Waals surface area contributed by atoms with Crippen LogP contribution in [0, 0.1) is 11.8 Å². The fraction of sp³-hybridized carbons (Fsp3) is 0.0800. The maximum absolute atomic E-state index is 12.9. The van der Waals surface area contributed by atoms with Crippen LogP contribution in [0.3, 0.4) is 0 Å². The highest BCUT2D eigenvalue weighted by atomic mass is 35.5. The summed E-state index contributed by atoms with van der Waals surface area (Å²) in [5.41, 5.74) is 10.4. The first-order valence-corrected chi connectivity index (χ1v) is 10.2. The second-order valence-electron chi connectivity index (χ2n) is 7.37. The Kier molecular flexibility index (Phi) is 6.29. The van der Waals surface area contributed by atoms with E-state index < -0.39 is 0 Å². The lowest BCUT2D eigenvalue weighted by molar-refractivity contribution is 0.200. The van der Waals surface area contributed by atoms with Gasteiger partial charge in [-0.05, 0) is 41.8 Å². The Labute approximate surface area is 197 Å². The van der Waals surface area contributed by atoms with Crippen molar-refractivity contribution in [2.24, 2.45) is 5.10 Å². The van der Waals surface area contributed by atoms with E-state index in [1.807, 2.05) is 71.3 Å². The number of hydrazone groups is 1. The molecule has 33 heavy (non-hydrogen) atoms. The van der Waals surface area contributed by atoms with Gasteiger partial charge >= 0.3 is 6.03 Å². The molecule has 0 bridgehead atoms. The number of nitrogens with zero attached hydrogens (tertiary/aromatic N) is 4. The number of rotatable bonds is 2. The van der Waals surface area contributed by atoms with Crippen molar-refractivity contribution < 1.29 is 4.79 Å². The van der Waals surface area contributed by atoms with Crippen molar-refractivity contribution >= 4 is 41.7 Å². The maximum Gasteiger partial charge on any atom is 0.342 e. The molecular formula is C25H21ClN6O. The molecule has 3 heterocycles. The van der Waals surface area contributed by atoms with Crippen LogP contribution in [0.25, 0.3) is 5.65 Å². The highest BCUT2D eigenvalue weighted by Crippen LogP contribution is 2.28. The van der Waals surface area contributed by atoms with Crippen molar-refractivity contribution in [3.63, 3.8) is 0 Å². The van der Waals surface area contributed by atoms with Crippen LogP contribution in [0.4, 0.5) is 16.2 Å². The van der Waals surface area contributed by atoms with E-state index in [1.165, 1.54) is 5.01 Å². The van der Waals surface area contributed by atoms with Crippen LogP contribution in [0.5, 0.6) is 0 Å². The Morgan fingerprint density at radius 3 is 2.76 bits per heavy atom. The molecule has 0 aliphatic carbocycles. The van der Waals surface area contributed by atoms with Crippen LogP contribution in [0.2, 0.25) is 0 Å².